The lowest BCUT2D eigenvalue weighted by Gasteiger charge is -2.34. The molecule has 1 unspecified atom stereocenters. The summed E-state index contributed by atoms with van der Waals surface area (Å²) in [5.74, 6) is -5.76. The number of likely N-dealkylation sites (N-methyl/N-ethyl adjacent to an activating group) is 1. The quantitative estimate of drug-likeness (QED) is 0.249. The highest BCUT2D eigenvalue weighted by atomic mass is 32.2. The van der Waals surface area contributed by atoms with E-state index in [0.29, 0.717) is 13.0 Å². The third-order valence-corrected chi connectivity index (χ3v) is 8.01. The van der Waals surface area contributed by atoms with Crippen LogP contribution in [0.2, 0.25) is 0 Å². The van der Waals surface area contributed by atoms with Gasteiger partial charge in [-0.05, 0) is 27.2 Å². The van der Waals surface area contributed by atoms with E-state index in [1.54, 1.807) is 45.1 Å². The van der Waals surface area contributed by atoms with Crippen molar-refractivity contribution in [1.82, 2.24) is 25.8 Å². The second kappa shape index (κ2) is 11.3. The molecule has 2 heterocycles. The normalized spacial score (nSPS) is 26.5. The number of carbonyl (C=O) groups excluding carboxylic acids is 4. The molecule has 2 aliphatic heterocycles. The zero-order valence-corrected chi connectivity index (χ0v) is 21.5. The Kier molecular flexibility index (Phi) is 8.64. The zero-order valence-electron chi connectivity index (χ0n) is 20.7. The fourth-order valence-electron chi connectivity index (χ4n) is 4.43. The van der Waals surface area contributed by atoms with E-state index in [1.165, 1.54) is 4.90 Å². The topological polar surface area (TPSA) is 185 Å². The van der Waals surface area contributed by atoms with Gasteiger partial charge in [0.1, 0.15) is 12.1 Å². The van der Waals surface area contributed by atoms with Gasteiger partial charge in [0.25, 0.3) is 0 Å². The average Bonchev–Trinajstić information content (AvgIpc) is 3.17. The van der Waals surface area contributed by atoms with Crippen LogP contribution < -0.4 is 16.0 Å². The number of aliphatic carboxylic acids is 2. The van der Waals surface area contributed by atoms with E-state index < -0.39 is 69.9 Å². The van der Waals surface area contributed by atoms with Crippen molar-refractivity contribution in [2.75, 3.05) is 19.6 Å². The van der Waals surface area contributed by atoms with E-state index in [-0.39, 0.29) is 13.1 Å². The molecule has 0 aromatic carbocycles. The van der Waals surface area contributed by atoms with E-state index in [4.69, 9.17) is 0 Å². The molecule has 0 saturated carbocycles. The number of nitrogens with one attached hydrogen (secondary N) is 3. The number of rotatable bonds is 8. The molecular weight excluding hydrogens is 506 g/mol. The third-order valence-electron chi connectivity index (χ3n) is 6.51. The van der Waals surface area contributed by atoms with Gasteiger partial charge in [0.15, 0.2) is 6.04 Å². The van der Waals surface area contributed by atoms with Crippen molar-refractivity contribution < 1.29 is 39.0 Å². The third kappa shape index (κ3) is 6.13. The minimum Gasteiger partial charge on any atom is -0.480 e. The summed E-state index contributed by atoms with van der Waals surface area (Å²) in [6.45, 7) is 5.44. The van der Waals surface area contributed by atoms with E-state index >= 15 is 0 Å². The maximum atomic E-state index is 13.4. The molecule has 3 rings (SSSR count). The molecule has 14 heteroatoms. The number of thioether (sulfide) groups is 1. The van der Waals surface area contributed by atoms with Crippen LogP contribution in [-0.4, -0.2) is 104 Å². The molecule has 13 nitrogen and oxygen atoms in total. The first-order chi connectivity index (χ1) is 17.4. The number of nitrogens with zero attached hydrogens (tertiary/aromatic N) is 2. The van der Waals surface area contributed by atoms with Crippen LogP contribution in [0.5, 0.6) is 0 Å². The summed E-state index contributed by atoms with van der Waals surface area (Å²) in [6, 6.07) is -4.77. The molecule has 0 aromatic rings. The van der Waals surface area contributed by atoms with Crippen molar-refractivity contribution in [1.29, 1.82) is 0 Å². The summed E-state index contributed by atoms with van der Waals surface area (Å²) in [4.78, 5) is 76.8. The van der Waals surface area contributed by atoms with Gasteiger partial charge in [-0.25, -0.2) is 9.59 Å². The van der Waals surface area contributed by atoms with E-state index in [1.807, 2.05) is 0 Å². The number of allylic oxidation sites excluding steroid dienone is 3. The predicted octanol–water partition coefficient (Wildman–Crippen LogP) is -0.649. The lowest BCUT2D eigenvalue weighted by molar-refractivity contribution is -0.153. The first kappa shape index (κ1) is 28.2. The summed E-state index contributed by atoms with van der Waals surface area (Å²) in [7, 11) is 0. The van der Waals surface area contributed by atoms with Crippen LogP contribution in [0.3, 0.4) is 0 Å². The SMILES string of the molecule is CCN1CCN(C(=O)N[C@@H](C(=O)N[C@H](C(=O)O)[C@H]2N[C@@H](C(=O)O)C(C)(C)S2)C2C=CC=CC2)C(=O)C1=O. The highest BCUT2D eigenvalue weighted by Crippen LogP contribution is 2.39. The highest BCUT2D eigenvalue weighted by Gasteiger charge is 2.50. The minimum atomic E-state index is -1.51. The molecule has 37 heavy (non-hydrogen) atoms. The van der Waals surface area contributed by atoms with Crippen LogP contribution in [0.4, 0.5) is 4.79 Å². The summed E-state index contributed by atoms with van der Waals surface area (Å²) >= 11 is 1.07. The molecule has 1 aliphatic carbocycles. The van der Waals surface area contributed by atoms with Gasteiger partial charge in [0, 0.05) is 30.3 Å². The van der Waals surface area contributed by atoms with E-state index in [2.05, 4.69) is 16.0 Å². The maximum absolute atomic E-state index is 13.4. The van der Waals surface area contributed by atoms with Crippen LogP contribution >= 0.6 is 11.8 Å². The van der Waals surface area contributed by atoms with Gasteiger partial charge < -0.3 is 25.7 Å². The largest absolute Gasteiger partial charge is 0.480 e. The molecule has 0 spiro atoms. The first-order valence-corrected chi connectivity index (χ1v) is 12.7. The van der Waals surface area contributed by atoms with Gasteiger partial charge >= 0.3 is 29.8 Å². The molecule has 202 valence electrons. The molecule has 0 aromatic heterocycles. The van der Waals surface area contributed by atoms with Crippen LogP contribution in [0.15, 0.2) is 24.3 Å². The number of piperazine rings is 1. The smallest absolute Gasteiger partial charge is 0.328 e. The van der Waals surface area contributed by atoms with Crippen LogP contribution in [-0.2, 0) is 24.0 Å². The Morgan fingerprint density at radius 1 is 1.11 bits per heavy atom. The molecule has 5 N–H and O–H groups in total. The fourth-order valence-corrected chi connectivity index (χ4v) is 5.92. The van der Waals surface area contributed by atoms with Crippen molar-refractivity contribution in [3.05, 3.63) is 24.3 Å². The first-order valence-electron chi connectivity index (χ1n) is 11.8. The van der Waals surface area contributed by atoms with Crippen LogP contribution in [0, 0.1) is 5.92 Å². The van der Waals surface area contributed by atoms with Crippen molar-refractivity contribution in [2.45, 2.75) is 55.4 Å². The van der Waals surface area contributed by atoms with Crippen molar-refractivity contribution in [3.63, 3.8) is 0 Å². The van der Waals surface area contributed by atoms with Gasteiger partial charge in [-0.3, -0.25) is 29.4 Å². The number of hydrogen-bond acceptors (Lipinski definition) is 8. The standard InChI is InChI=1S/C23H31N5O8S/c1-4-27-10-11-28(19(31)18(27)30)22(36)25-13(12-8-6-5-7-9-12)16(29)24-14(20(32)33)17-26-15(21(34)35)23(2,3)37-17/h5-8,12-15,17,26H,4,9-11H2,1-3H3,(H,24,29)(H,25,36)(H,32,33)(H,34,35)/t12?,13-,14+,15+,17+/m1/s1. The Hall–Kier alpha value is -3.39. The predicted molar refractivity (Wildman–Crippen MR) is 132 cm³/mol. The Bertz CT molecular complexity index is 1040. The monoisotopic (exact) mass is 537 g/mol. The number of amides is 5. The second-order valence-electron chi connectivity index (χ2n) is 9.39. The molecule has 5 amide bonds. The van der Waals surface area contributed by atoms with Gasteiger partial charge in [0.05, 0.1) is 5.37 Å². The molecule has 2 fully saturated rings. The Morgan fingerprint density at radius 2 is 1.81 bits per heavy atom. The van der Waals surface area contributed by atoms with Gasteiger partial charge in [-0.2, -0.15) is 0 Å². The lowest BCUT2D eigenvalue weighted by Crippen LogP contribution is -2.63. The summed E-state index contributed by atoms with van der Waals surface area (Å²) < 4.78 is -0.854. The lowest BCUT2D eigenvalue weighted by atomic mass is 9.91. The van der Waals surface area contributed by atoms with Crippen molar-refractivity contribution >= 4 is 47.5 Å². The Balaban J connectivity index is 1.79. The number of carboxylic acid groups (broad SMARTS) is 2. The van der Waals surface area contributed by atoms with Crippen molar-refractivity contribution in [2.24, 2.45) is 5.92 Å². The second-order valence-corrected chi connectivity index (χ2v) is 11.2. The maximum Gasteiger partial charge on any atom is 0.328 e. The van der Waals surface area contributed by atoms with Gasteiger partial charge in [-0.15, -0.1) is 11.8 Å². The van der Waals surface area contributed by atoms with Crippen LogP contribution in [0.25, 0.3) is 0 Å². The van der Waals surface area contributed by atoms with Crippen LogP contribution in [0.1, 0.15) is 27.2 Å². The number of carbonyl (C=O) groups is 6. The minimum absolute atomic E-state index is 0.0506. The fraction of sp³-hybridized carbons (Fsp3) is 0.565. The molecule has 3 aliphatic rings. The Morgan fingerprint density at radius 3 is 2.35 bits per heavy atom. The molecule has 0 bridgehead atoms. The molecular formula is C23H31N5O8S. The highest BCUT2D eigenvalue weighted by molar-refractivity contribution is 8.01. The number of hydrogen-bond donors (Lipinski definition) is 5. The number of urea groups is 1. The molecule has 0 radical (unpaired) electrons. The zero-order chi connectivity index (χ0) is 27.5. The average molecular weight is 538 g/mol. The summed E-state index contributed by atoms with van der Waals surface area (Å²) in [5.41, 5.74) is 0. The Labute approximate surface area is 217 Å². The van der Waals surface area contributed by atoms with E-state index in [0.717, 1.165) is 16.7 Å². The summed E-state index contributed by atoms with van der Waals surface area (Å²) in [6.07, 6.45) is 7.24. The van der Waals surface area contributed by atoms with E-state index in [9.17, 15) is 39.0 Å². The van der Waals surface area contributed by atoms with Gasteiger partial charge in [-0.1, -0.05) is 24.3 Å². The molecule has 2 saturated heterocycles. The van der Waals surface area contributed by atoms with Gasteiger partial charge in [0.2, 0.25) is 5.91 Å². The molecule has 5 atom stereocenters. The number of carboxylic acids is 2. The number of imide groups is 1. The summed E-state index contributed by atoms with van der Waals surface area (Å²) in [5, 5.41) is 26.1. The van der Waals surface area contributed by atoms with Crippen molar-refractivity contribution in [3.8, 4) is 0 Å².